The summed E-state index contributed by atoms with van der Waals surface area (Å²) in [6.45, 7) is 7.27. The molecule has 1 saturated heterocycles. The van der Waals surface area contributed by atoms with E-state index in [2.05, 4.69) is 10.2 Å². The minimum absolute atomic E-state index is 0.117. The molecule has 110 valence electrons. The van der Waals surface area contributed by atoms with Gasteiger partial charge in [0.25, 0.3) is 0 Å². The number of anilines is 2. The fourth-order valence-corrected chi connectivity index (χ4v) is 2.31. The molecular weight excluding hydrogens is 254 g/mol. The summed E-state index contributed by atoms with van der Waals surface area (Å²) < 4.78 is 5.27. The maximum atomic E-state index is 11.7. The molecule has 1 atom stereocenters. The third kappa shape index (κ3) is 4.05. The van der Waals surface area contributed by atoms with Gasteiger partial charge in [-0.05, 0) is 45.4 Å². The number of hydrogen-bond acceptors (Lipinski definition) is 4. The van der Waals surface area contributed by atoms with E-state index >= 15 is 0 Å². The van der Waals surface area contributed by atoms with Gasteiger partial charge in [0, 0.05) is 24.5 Å². The molecule has 3 N–H and O–H groups in total. The van der Waals surface area contributed by atoms with Crippen LogP contribution in [0.2, 0.25) is 0 Å². The molecule has 1 aromatic rings. The van der Waals surface area contributed by atoms with Crippen molar-refractivity contribution in [1.29, 1.82) is 0 Å². The first-order valence-electron chi connectivity index (χ1n) is 6.93. The number of nitrogens with zero attached hydrogens (tertiary/aromatic N) is 1. The van der Waals surface area contributed by atoms with Gasteiger partial charge in [0.1, 0.15) is 5.60 Å². The van der Waals surface area contributed by atoms with Crippen molar-refractivity contribution in [2.45, 2.75) is 38.8 Å². The van der Waals surface area contributed by atoms with Gasteiger partial charge in [-0.1, -0.05) is 6.07 Å². The average Bonchev–Trinajstić information content (AvgIpc) is 2.74. The number of nitrogen functional groups attached to an aromatic ring is 1. The molecule has 0 spiro atoms. The van der Waals surface area contributed by atoms with Crippen LogP contribution in [0.25, 0.3) is 0 Å². The van der Waals surface area contributed by atoms with Crippen molar-refractivity contribution in [2.75, 3.05) is 23.7 Å². The number of carbonyl (C=O) groups is 1. The highest BCUT2D eigenvalue weighted by Gasteiger charge is 2.26. The van der Waals surface area contributed by atoms with Gasteiger partial charge >= 0.3 is 6.09 Å². The molecule has 2 rings (SSSR count). The number of rotatable bonds is 2. The van der Waals surface area contributed by atoms with Gasteiger partial charge < -0.3 is 20.7 Å². The lowest BCUT2D eigenvalue weighted by Crippen LogP contribution is -2.40. The average molecular weight is 277 g/mol. The summed E-state index contributed by atoms with van der Waals surface area (Å²) in [7, 11) is 0. The molecule has 1 aliphatic heterocycles. The van der Waals surface area contributed by atoms with Gasteiger partial charge in [0.05, 0.1) is 6.04 Å². The fourth-order valence-electron chi connectivity index (χ4n) is 2.31. The van der Waals surface area contributed by atoms with E-state index in [1.807, 2.05) is 45.0 Å². The summed E-state index contributed by atoms with van der Waals surface area (Å²) in [5.74, 6) is 0. The number of nitrogens with one attached hydrogen (secondary N) is 1. The number of amides is 1. The van der Waals surface area contributed by atoms with Crippen LogP contribution in [-0.4, -0.2) is 30.8 Å². The summed E-state index contributed by atoms with van der Waals surface area (Å²) in [6.07, 6.45) is 0.561. The van der Waals surface area contributed by atoms with Crippen LogP contribution < -0.4 is 16.0 Å². The Morgan fingerprint density at radius 2 is 2.20 bits per heavy atom. The standard InChI is InChI=1S/C15H23N3O2/c1-15(2,3)20-14(19)17-12-7-8-18(10-12)13-6-4-5-11(16)9-13/h4-6,9,12H,7-8,10,16H2,1-3H3,(H,17,19)/t12-/m1/s1. The molecule has 20 heavy (non-hydrogen) atoms. The Labute approximate surface area is 120 Å². The van der Waals surface area contributed by atoms with Gasteiger partial charge in [-0.2, -0.15) is 0 Å². The van der Waals surface area contributed by atoms with Crippen LogP contribution in [0, 0.1) is 0 Å². The van der Waals surface area contributed by atoms with Gasteiger partial charge in [-0.25, -0.2) is 4.79 Å². The molecule has 1 fully saturated rings. The van der Waals surface area contributed by atoms with Crippen molar-refractivity contribution in [2.24, 2.45) is 0 Å². The molecule has 0 bridgehead atoms. The zero-order chi connectivity index (χ0) is 14.8. The van der Waals surface area contributed by atoms with Crippen LogP contribution in [0.4, 0.5) is 16.2 Å². The summed E-state index contributed by atoms with van der Waals surface area (Å²) in [5, 5.41) is 2.92. The van der Waals surface area contributed by atoms with Crippen LogP contribution in [-0.2, 0) is 4.74 Å². The molecule has 0 radical (unpaired) electrons. The maximum absolute atomic E-state index is 11.7. The van der Waals surface area contributed by atoms with Crippen molar-refractivity contribution < 1.29 is 9.53 Å². The summed E-state index contributed by atoms with van der Waals surface area (Å²) in [5.41, 5.74) is 7.18. The quantitative estimate of drug-likeness (QED) is 0.814. The van der Waals surface area contributed by atoms with Gasteiger partial charge in [0.15, 0.2) is 0 Å². The first-order chi connectivity index (χ1) is 9.33. The Kier molecular flexibility index (Phi) is 4.06. The zero-order valence-electron chi connectivity index (χ0n) is 12.3. The second kappa shape index (κ2) is 5.61. The van der Waals surface area contributed by atoms with E-state index in [4.69, 9.17) is 10.5 Å². The smallest absolute Gasteiger partial charge is 0.407 e. The molecule has 1 aromatic carbocycles. The van der Waals surface area contributed by atoms with Gasteiger partial charge in [-0.15, -0.1) is 0 Å². The van der Waals surface area contributed by atoms with Crippen molar-refractivity contribution in [1.82, 2.24) is 5.32 Å². The van der Waals surface area contributed by atoms with Crippen LogP contribution in [0.1, 0.15) is 27.2 Å². The Morgan fingerprint density at radius 1 is 1.45 bits per heavy atom. The lowest BCUT2D eigenvalue weighted by Gasteiger charge is -2.22. The van der Waals surface area contributed by atoms with E-state index in [0.717, 1.165) is 30.9 Å². The van der Waals surface area contributed by atoms with Crippen molar-refractivity contribution >= 4 is 17.5 Å². The predicted molar refractivity (Wildman–Crippen MR) is 80.8 cm³/mol. The molecule has 0 aromatic heterocycles. The molecule has 0 unspecified atom stereocenters. The van der Waals surface area contributed by atoms with E-state index in [1.54, 1.807) is 0 Å². The number of alkyl carbamates (subject to hydrolysis) is 1. The van der Waals surface area contributed by atoms with Crippen molar-refractivity contribution in [3.05, 3.63) is 24.3 Å². The maximum Gasteiger partial charge on any atom is 0.407 e. The molecule has 1 aliphatic rings. The highest BCUT2D eigenvalue weighted by atomic mass is 16.6. The number of nitrogens with two attached hydrogens (primary N) is 1. The third-order valence-corrected chi connectivity index (χ3v) is 3.14. The molecular formula is C15H23N3O2. The number of ether oxygens (including phenoxy) is 1. The molecule has 1 heterocycles. The van der Waals surface area contributed by atoms with E-state index in [9.17, 15) is 4.79 Å². The molecule has 0 saturated carbocycles. The summed E-state index contributed by atoms with van der Waals surface area (Å²) in [4.78, 5) is 14.0. The number of carbonyl (C=O) groups excluding carboxylic acids is 1. The van der Waals surface area contributed by atoms with Crippen LogP contribution in [0.3, 0.4) is 0 Å². The van der Waals surface area contributed by atoms with Crippen molar-refractivity contribution in [3.8, 4) is 0 Å². The minimum Gasteiger partial charge on any atom is -0.444 e. The lowest BCUT2D eigenvalue weighted by atomic mass is 10.2. The minimum atomic E-state index is -0.462. The normalized spacial score (nSPS) is 18.9. The topological polar surface area (TPSA) is 67.6 Å². The molecule has 5 nitrogen and oxygen atoms in total. The summed E-state index contributed by atoms with van der Waals surface area (Å²) >= 11 is 0. The van der Waals surface area contributed by atoms with Crippen LogP contribution in [0.5, 0.6) is 0 Å². The van der Waals surface area contributed by atoms with E-state index < -0.39 is 5.60 Å². The Bertz CT molecular complexity index is 482. The van der Waals surface area contributed by atoms with E-state index in [-0.39, 0.29) is 12.1 Å². The van der Waals surface area contributed by atoms with Crippen LogP contribution >= 0.6 is 0 Å². The summed E-state index contributed by atoms with van der Waals surface area (Å²) in [6, 6.07) is 7.92. The van der Waals surface area contributed by atoms with Crippen LogP contribution in [0.15, 0.2) is 24.3 Å². The third-order valence-electron chi connectivity index (χ3n) is 3.14. The Balaban J connectivity index is 1.88. The van der Waals surface area contributed by atoms with Gasteiger partial charge in [-0.3, -0.25) is 0 Å². The SMILES string of the molecule is CC(C)(C)OC(=O)N[C@@H]1CCN(c2cccc(N)c2)C1. The largest absolute Gasteiger partial charge is 0.444 e. The first-order valence-corrected chi connectivity index (χ1v) is 6.93. The highest BCUT2D eigenvalue weighted by Crippen LogP contribution is 2.22. The monoisotopic (exact) mass is 277 g/mol. The molecule has 5 heteroatoms. The fraction of sp³-hybridized carbons (Fsp3) is 0.533. The van der Waals surface area contributed by atoms with Crippen molar-refractivity contribution in [3.63, 3.8) is 0 Å². The first kappa shape index (κ1) is 14.5. The molecule has 0 aliphatic carbocycles. The number of benzene rings is 1. The van der Waals surface area contributed by atoms with Gasteiger partial charge in [0.2, 0.25) is 0 Å². The predicted octanol–water partition coefficient (Wildman–Crippen LogP) is 2.37. The van der Waals surface area contributed by atoms with E-state index in [1.165, 1.54) is 0 Å². The molecule has 1 amide bonds. The second-order valence-corrected chi connectivity index (χ2v) is 6.17. The van der Waals surface area contributed by atoms with E-state index in [0.29, 0.717) is 0 Å². The number of hydrogen-bond donors (Lipinski definition) is 2. The Morgan fingerprint density at radius 3 is 2.85 bits per heavy atom. The lowest BCUT2D eigenvalue weighted by molar-refractivity contribution is 0.0509. The highest BCUT2D eigenvalue weighted by molar-refractivity contribution is 5.68. The Hall–Kier alpha value is -1.91. The second-order valence-electron chi connectivity index (χ2n) is 6.17. The zero-order valence-corrected chi connectivity index (χ0v) is 12.3.